The number of anilines is 1. The Labute approximate surface area is 179 Å². The van der Waals surface area contributed by atoms with Crippen LogP contribution in [0.2, 0.25) is 0 Å². The van der Waals surface area contributed by atoms with Crippen LogP contribution in [0.3, 0.4) is 0 Å². The van der Waals surface area contributed by atoms with Gasteiger partial charge in [0.1, 0.15) is 28.5 Å². The highest BCUT2D eigenvalue weighted by atomic mass is 19.1. The minimum atomic E-state index is -0.907. The number of rotatable bonds is 5. The zero-order valence-corrected chi connectivity index (χ0v) is 17.1. The minimum absolute atomic E-state index is 0.382. The number of methoxy groups -OCH3 is 1. The average molecular weight is 421 g/mol. The molecule has 0 aromatic heterocycles. The minimum Gasteiger partial charge on any atom is -0.480 e. The van der Waals surface area contributed by atoms with Crippen molar-refractivity contribution in [1.82, 2.24) is 0 Å². The SMILES string of the molecule is COCC1(C)C=C(c2ccc(NC(=O)c3c(F)cccc3F)cc2)c2ccccc2O1. The van der Waals surface area contributed by atoms with Gasteiger partial charge in [0.25, 0.3) is 5.91 Å². The van der Waals surface area contributed by atoms with Crippen LogP contribution in [0.1, 0.15) is 28.4 Å². The number of halogens is 2. The zero-order chi connectivity index (χ0) is 22.0. The molecule has 4 nitrogen and oxygen atoms in total. The third-order valence-corrected chi connectivity index (χ3v) is 5.04. The molecule has 1 amide bonds. The van der Waals surface area contributed by atoms with Crippen molar-refractivity contribution in [3.8, 4) is 5.75 Å². The van der Waals surface area contributed by atoms with Crippen LogP contribution in [-0.4, -0.2) is 25.2 Å². The third-order valence-electron chi connectivity index (χ3n) is 5.04. The van der Waals surface area contributed by atoms with Crippen LogP contribution >= 0.6 is 0 Å². The predicted octanol–water partition coefficient (Wildman–Crippen LogP) is 5.45. The quantitative estimate of drug-likeness (QED) is 0.596. The zero-order valence-electron chi connectivity index (χ0n) is 17.1. The van der Waals surface area contributed by atoms with E-state index in [1.54, 1.807) is 19.2 Å². The van der Waals surface area contributed by atoms with Gasteiger partial charge in [0.05, 0.1) is 6.61 Å². The first-order valence-electron chi connectivity index (χ1n) is 9.76. The number of para-hydroxylation sites is 1. The lowest BCUT2D eigenvalue weighted by Gasteiger charge is -2.33. The van der Waals surface area contributed by atoms with E-state index in [2.05, 4.69) is 5.32 Å². The second-order valence-corrected chi connectivity index (χ2v) is 7.53. The normalized spacial score (nSPS) is 17.4. The molecule has 1 heterocycles. The Balaban J connectivity index is 1.63. The van der Waals surface area contributed by atoms with Crippen LogP contribution in [0, 0.1) is 11.6 Å². The molecule has 0 spiro atoms. The molecule has 0 radical (unpaired) electrons. The van der Waals surface area contributed by atoms with Crippen LogP contribution in [0.4, 0.5) is 14.5 Å². The lowest BCUT2D eigenvalue weighted by atomic mass is 9.89. The number of nitrogens with one attached hydrogen (secondary N) is 1. The van der Waals surface area contributed by atoms with Gasteiger partial charge in [-0.1, -0.05) is 36.4 Å². The molecular formula is C25H21F2NO3. The van der Waals surface area contributed by atoms with E-state index in [1.165, 1.54) is 6.07 Å². The average Bonchev–Trinajstić information content (AvgIpc) is 2.73. The molecule has 1 aliphatic heterocycles. The van der Waals surface area contributed by atoms with Gasteiger partial charge in [0.2, 0.25) is 0 Å². The van der Waals surface area contributed by atoms with Gasteiger partial charge in [-0.3, -0.25) is 4.79 Å². The molecule has 6 heteroatoms. The first-order valence-corrected chi connectivity index (χ1v) is 9.76. The van der Waals surface area contributed by atoms with Crippen molar-refractivity contribution in [2.75, 3.05) is 19.0 Å². The van der Waals surface area contributed by atoms with Crippen LogP contribution < -0.4 is 10.1 Å². The van der Waals surface area contributed by atoms with Crippen molar-refractivity contribution in [3.05, 3.63) is 101 Å². The Bertz CT molecular complexity index is 1140. The Morgan fingerprint density at radius 2 is 1.68 bits per heavy atom. The fraction of sp³-hybridized carbons (Fsp3) is 0.160. The van der Waals surface area contributed by atoms with E-state index >= 15 is 0 Å². The molecule has 1 N–H and O–H groups in total. The Hall–Kier alpha value is -3.51. The monoisotopic (exact) mass is 421 g/mol. The summed E-state index contributed by atoms with van der Waals surface area (Å²) in [5, 5.41) is 2.54. The van der Waals surface area contributed by atoms with Crippen LogP contribution in [-0.2, 0) is 4.74 Å². The smallest absolute Gasteiger partial charge is 0.261 e. The fourth-order valence-electron chi connectivity index (χ4n) is 3.68. The van der Waals surface area contributed by atoms with Gasteiger partial charge < -0.3 is 14.8 Å². The summed E-state index contributed by atoms with van der Waals surface area (Å²) < 4.78 is 39.2. The molecule has 0 saturated heterocycles. The Kier molecular flexibility index (Phi) is 5.57. The summed E-state index contributed by atoms with van der Waals surface area (Å²) in [6.45, 7) is 2.33. The lowest BCUT2D eigenvalue weighted by Crippen LogP contribution is -2.37. The molecule has 0 fully saturated rings. The van der Waals surface area contributed by atoms with Crippen molar-refractivity contribution in [2.45, 2.75) is 12.5 Å². The maximum atomic E-state index is 13.9. The number of hydrogen-bond donors (Lipinski definition) is 1. The Morgan fingerprint density at radius 3 is 2.35 bits per heavy atom. The van der Waals surface area contributed by atoms with E-state index < -0.39 is 28.7 Å². The molecule has 3 aromatic carbocycles. The highest BCUT2D eigenvalue weighted by molar-refractivity contribution is 6.04. The maximum absolute atomic E-state index is 13.9. The summed E-state index contributed by atoms with van der Waals surface area (Å²) in [6, 6.07) is 18.1. The van der Waals surface area contributed by atoms with E-state index in [4.69, 9.17) is 9.47 Å². The lowest BCUT2D eigenvalue weighted by molar-refractivity contribution is 0.0374. The van der Waals surface area contributed by atoms with E-state index in [0.717, 1.165) is 34.6 Å². The van der Waals surface area contributed by atoms with Crippen molar-refractivity contribution >= 4 is 17.2 Å². The maximum Gasteiger partial charge on any atom is 0.261 e. The molecule has 31 heavy (non-hydrogen) atoms. The number of hydrogen-bond acceptors (Lipinski definition) is 3. The second kappa shape index (κ2) is 8.32. The van der Waals surface area contributed by atoms with Gasteiger partial charge in [0, 0.05) is 18.4 Å². The van der Waals surface area contributed by atoms with Crippen LogP contribution in [0.5, 0.6) is 5.75 Å². The highest BCUT2D eigenvalue weighted by Gasteiger charge is 2.31. The molecule has 0 aliphatic carbocycles. The molecule has 158 valence electrons. The van der Waals surface area contributed by atoms with Crippen LogP contribution in [0.25, 0.3) is 5.57 Å². The first kappa shape index (κ1) is 20.8. The van der Waals surface area contributed by atoms with Crippen molar-refractivity contribution in [1.29, 1.82) is 0 Å². The standard InChI is InChI=1S/C25H21F2NO3/c1-25(15-30-2)14-19(18-6-3-4-9-22(18)31-25)16-10-12-17(13-11-16)28-24(29)23-20(26)7-5-8-21(23)27/h3-14H,15H2,1-2H3,(H,28,29). The van der Waals surface area contributed by atoms with Gasteiger partial charge in [-0.05, 0) is 54.5 Å². The second-order valence-electron chi connectivity index (χ2n) is 7.53. The summed E-state index contributed by atoms with van der Waals surface area (Å²) in [6.07, 6.45) is 2.02. The molecule has 1 atom stereocenters. The first-order chi connectivity index (χ1) is 14.9. The van der Waals surface area contributed by atoms with E-state index in [1.807, 2.05) is 49.4 Å². The largest absolute Gasteiger partial charge is 0.480 e. The van der Waals surface area contributed by atoms with Crippen molar-refractivity contribution in [3.63, 3.8) is 0 Å². The number of carbonyl (C=O) groups excluding carboxylic acids is 1. The molecule has 1 aliphatic rings. The topological polar surface area (TPSA) is 47.6 Å². The van der Waals surface area contributed by atoms with Gasteiger partial charge in [-0.15, -0.1) is 0 Å². The van der Waals surface area contributed by atoms with E-state index in [-0.39, 0.29) is 0 Å². The highest BCUT2D eigenvalue weighted by Crippen LogP contribution is 2.39. The summed E-state index contributed by atoms with van der Waals surface area (Å²) in [5.74, 6) is -1.90. The summed E-state index contributed by atoms with van der Waals surface area (Å²) in [5.41, 5.74) is 2.02. The molecule has 0 bridgehead atoms. The fourth-order valence-corrected chi connectivity index (χ4v) is 3.68. The number of benzene rings is 3. The van der Waals surface area contributed by atoms with Gasteiger partial charge >= 0.3 is 0 Å². The van der Waals surface area contributed by atoms with Crippen molar-refractivity contribution in [2.24, 2.45) is 0 Å². The summed E-state index contributed by atoms with van der Waals surface area (Å²) in [7, 11) is 1.62. The Morgan fingerprint density at radius 1 is 1.00 bits per heavy atom. The molecule has 3 aromatic rings. The molecular weight excluding hydrogens is 400 g/mol. The van der Waals surface area contributed by atoms with Gasteiger partial charge in [-0.25, -0.2) is 8.78 Å². The van der Waals surface area contributed by atoms with Gasteiger partial charge in [0.15, 0.2) is 0 Å². The van der Waals surface area contributed by atoms with E-state index in [0.29, 0.717) is 12.3 Å². The van der Waals surface area contributed by atoms with E-state index in [9.17, 15) is 13.6 Å². The van der Waals surface area contributed by atoms with Crippen LogP contribution in [0.15, 0.2) is 72.8 Å². The number of carbonyl (C=O) groups is 1. The molecule has 4 rings (SSSR count). The number of amides is 1. The molecule has 1 unspecified atom stereocenters. The third kappa shape index (κ3) is 4.20. The predicted molar refractivity (Wildman–Crippen MR) is 115 cm³/mol. The van der Waals surface area contributed by atoms with Crippen molar-refractivity contribution < 1.29 is 23.0 Å². The number of ether oxygens (including phenoxy) is 2. The number of fused-ring (bicyclic) bond motifs is 1. The summed E-state index contributed by atoms with van der Waals surface area (Å²) >= 11 is 0. The summed E-state index contributed by atoms with van der Waals surface area (Å²) in [4.78, 5) is 12.3. The van der Waals surface area contributed by atoms with Gasteiger partial charge in [-0.2, -0.15) is 0 Å². The molecule has 0 saturated carbocycles.